The average molecular weight is 389 g/mol. The molecule has 0 saturated carbocycles. The van der Waals surface area contributed by atoms with Crippen LogP contribution in [0.15, 0.2) is 28.1 Å². The molecule has 0 radical (unpaired) electrons. The fourth-order valence-electron chi connectivity index (χ4n) is 1.94. The summed E-state index contributed by atoms with van der Waals surface area (Å²) in [5.41, 5.74) is 0.904. The van der Waals surface area contributed by atoms with Gasteiger partial charge in [-0.1, -0.05) is 18.5 Å². The first-order chi connectivity index (χ1) is 10.1. The SMILES string of the molecule is CCCNCc1nc(N(C)Cc2cc(Br)cs2)ccc1Cl. The van der Waals surface area contributed by atoms with Gasteiger partial charge in [0, 0.05) is 28.3 Å². The topological polar surface area (TPSA) is 28.2 Å². The van der Waals surface area contributed by atoms with Crippen molar-refractivity contribution in [3.05, 3.63) is 43.6 Å². The first-order valence-electron chi connectivity index (χ1n) is 6.90. The maximum Gasteiger partial charge on any atom is 0.129 e. The molecule has 0 aliphatic carbocycles. The number of halogens is 2. The molecule has 2 aromatic rings. The molecular formula is C15H19BrClN3S. The Hall–Kier alpha value is -0.620. The number of hydrogen-bond acceptors (Lipinski definition) is 4. The number of nitrogens with one attached hydrogen (secondary N) is 1. The minimum Gasteiger partial charge on any atom is -0.355 e. The predicted octanol–water partition coefficient (Wildman–Crippen LogP) is 4.70. The Labute approximate surface area is 143 Å². The van der Waals surface area contributed by atoms with Crippen molar-refractivity contribution in [1.29, 1.82) is 0 Å². The van der Waals surface area contributed by atoms with Crippen molar-refractivity contribution in [3.63, 3.8) is 0 Å². The van der Waals surface area contributed by atoms with Gasteiger partial charge in [-0.2, -0.15) is 0 Å². The van der Waals surface area contributed by atoms with Crippen molar-refractivity contribution in [2.24, 2.45) is 0 Å². The number of rotatable bonds is 7. The highest BCUT2D eigenvalue weighted by Gasteiger charge is 2.09. The van der Waals surface area contributed by atoms with E-state index in [9.17, 15) is 0 Å². The van der Waals surface area contributed by atoms with E-state index in [2.05, 4.69) is 49.5 Å². The lowest BCUT2D eigenvalue weighted by Gasteiger charge is -2.18. The van der Waals surface area contributed by atoms with E-state index in [-0.39, 0.29) is 0 Å². The summed E-state index contributed by atoms with van der Waals surface area (Å²) in [6.45, 7) is 4.67. The van der Waals surface area contributed by atoms with E-state index in [4.69, 9.17) is 11.6 Å². The van der Waals surface area contributed by atoms with Gasteiger partial charge in [0.1, 0.15) is 5.82 Å². The molecule has 0 aliphatic heterocycles. The molecule has 0 aliphatic rings. The molecule has 0 fully saturated rings. The quantitative estimate of drug-likeness (QED) is 0.697. The summed E-state index contributed by atoms with van der Waals surface area (Å²) >= 11 is 11.4. The lowest BCUT2D eigenvalue weighted by molar-refractivity contribution is 0.663. The maximum atomic E-state index is 6.22. The highest BCUT2D eigenvalue weighted by Crippen LogP contribution is 2.24. The number of anilines is 1. The Morgan fingerprint density at radius 2 is 2.24 bits per heavy atom. The van der Waals surface area contributed by atoms with Gasteiger partial charge in [-0.3, -0.25) is 0 Å². The molecule has 2 rings (SSSR count). The summed E-state index contributed by atoms with van der Waals surface area (Å²) in [5.74, 6) is 0.942. The third kappa shape index (κ3) is 4.95. The molecule has 0 unspecified atom stereocenters. The van der Waals surface area contributed by atoms with Crippen LogP contribution >= 0.6 is 38.9 Å². The Bertz CT molecular complexity index is 588. The Morgan fingerprint density at radius 1 is 1.43 bits per heavy atom. The van der Waals surface area contributed by atoms with Gasteiger partial charge in [0.2, 0.25) is 0 Å². The molecule has 114 valence electrons. The molecule has 1 N–H and O–H groups in total. The Kier molecular flexibility index (Phi) is 6.48. The van der Waals surface area contributed by atoms with E-state index >= 15 is 0 Å². The van der Waals surface area contributed by atoms with E-state index in [0.717, 1.165) is 40.5 Å². The fourth-order valence-corrected chi connectivity index (χ4v) is 3.62. The number of thiophene rings is 1. The number of aromatic nitrogens is 1. The highest BCUT2D eigenvalue weighted by molar-refractivity contribution is 9.10. The average Bonchev–Trinajstić information content (AvgIpc) is 2.86. The largest absolute Gasteiger partial charge is 0.355 e. The second-order valence-corrected chi connectivity index (χ2v) is 7.18. The van der Waals surface area contributed by atoms with E-state index in [1.54, 1.807) is 11.3 Å². The fraction of sp³-hybridized carbons (Fsp3) is 0.400. The molecule has 3 nitrogen and oxygen atoms in total. The van der Waals surface area contributed by atoms with Crippen molar-refractivity contribution < 1.29 is 0 Å². The smallest absolute Gasteiger partial charge is 0.129 e. The van der Waals surface area contributed by atoms with Crippen LogP contribution in [0.4, 0.5) is 5.82 Å². The molecule has 21 heavy (non-hydrogen) atoms. The summed E-state index contributed by atoms with van der Waals surface area (Å²) < 4.78 is 1.13. The van der Waals surface area contributed by atoms with Gasteiger partial charge >= 0.3 is 0 Å². The molecule has 0 amide bonds. The van der Waals surface area contributed by atoms with Crippen LogP contribution in [-0.4, -0.2) is 18.6 Å². The molecule has 0 spiro atoms. The van der Waals surface area contributed by atoms with Gasteiger partial charge in [-0.15, -0.1) is 11.3 Å². The maximum absolute atomic E-state index is 6.22. The number of hydrogen-bond donors (Lipinski definition) is 1. The second kappa shape index (κ2) is 8.13. The van der Waals surface area contributed by atoms with E-state index in [1.807, 2.05) is 19.2 Å². The standard InChI is InChI=1S/C15H19BrClN3S/c1-3-6-18-8-14-13(17)4-5-15(19-14)20(2)9-12-7-11(16)10-21-12/h4-5,7,10,18H,3,6,8-9H2,1-2H3. The van der Waals surface area contributed by atoms with Crippen molar-refractivity contribution in [3.8, 4) is 0 Å². The molecule has 0 aromatic carbocycles. The summed E-state index contributed by atoms with van der Waals surface area (Å²) in [7, 11) is 2.05. The predicted molar refractivity (Wildman–Crippen MR) is 95.4 cm³/mol. The molecule has 0 bridgehead atoms. The first-order valence-corrected chi connectivity index (χ1v) is 8.95. The van der Waals surface area contributed by atoms with Crippen LogP contribution in [0.5, 0.6) is 0 Å². The van der Waals surface area contributed by atoms with Gasteiger partial charge in [-0.25, -0.2) is 4.98 Å². The summed E-state index contributed by atoms with van der Waals surface area (Å²) in [5, 5.41) is 6.15. The monoisotopic (exact) mass is 387 g/mol. The van der Waals surface area contributed by atoms with Crippen LogP contribution in [0.25, 0.3) is 0 Å². The zero-order valence-electron chi connectivity index (χ0n) is 12.2. The van der Waals surface area contributed by atoms with Crippen LogP contribution in [0.3, 0.4) is 0 Å². The van der Waals surface area contributed by atoms with E-state index < -0.39 is 0 Å². The van der Waals surface area contributed by atoms with Crippen LogP contribution < -0.4 is 10.2 Å². The zero-order chi connectivity index (χ0) is 15.2. The number of nitrogens with zero attached hydrogens (tertiary/aromatic N) is 2. The van der Waals surface area contributed by atoms with Crippen LogP contribution in [0.1, 0.15) is 23.9 Å². The third-order valence-corrected chi connectivity index (χ3v) is 5.06. The second-order valence-electron chi connectivity index (χ2n) is 4.86. The van der Waals surface area contributed by atoms with Gasteiger partial charge in [0.25, 0.3) is 0 Å². The van der Waals surface area contributed by atoms with Crippen LogP contribution in [0.2, 0.25) is 5.02 Å². The normalized spacial score (nSPS) is 10.9. The third-order valence-electron chi connectivity index (χ3n) is 3.03. The molecular weight excluding hydrogens is 370 g/mol. The first kappa shape index (κ1) is 16.7. The van der Waals surface area contributed by atoms with Gasteiger partial charge in [0.15, 0.2) is 0 Å². The van der Waals surface area contributed by atoms with E-state index in [0.29, 0.717) is 6.54 Å². The number of pyridine rings is 1. The van der Waals surface area contributed by atoms with Gasteiger partial charge < -0.3 is 10.2 Å². The minimum absolute atomic E-state index is 0.707. The molecule has 0 saturated heterocycles. The van der Waals surface area contributed by atoms with Gasteiger partial charge in [-0.05, 0) is 47.1 Å². The van der Waals surface area contributed by atoms with Crippen LogP contribution in [0, 0.1) is 0 Å². The summed E-state index contributed by atoms with van der Waals surface area (Å²) in [6, 6.07) is 6.03. The van der Waals surface area contributed by atoms with Crippen LogP contribution in [-0.2, 0) is 13.1 Å². The lowest BCUT2D eigenvalue weighted by atomic mass is 10.3. The Morgan fingerprint density at radius 3 is 2.90 bits per heavy atom. The van der Waals surface area contributed by atoms with Crippen molar-refractivity contribution >= 4 is 44.7 Å². The summed E-state index contributed by atoms with van der Waals surface area (Å²) in [6.07, 6.45) is 1.10. The summed E-state index contributed by atoms with van der Waals surface area (Å²) in [4.78, 5) is 8.11. The zero-order valence-corrected chi connectivity index (χ0v) is 15.4. The van der Waals surface area contributed by atoms with Crippen molar-refractivity contribution in [1.82, 2.24) is 10.3 Å². The lowest BCUT2D eigenvalue weighted by Crippen LogP contribution is -2.19. The Balaban J connectivity index is 2.06. The highest BCUT2D eigenvalue weighted by atomic mass is 79.9. The molecule has 2 heterocycles. The van der Waals surface area contributed by atoms with Crippen molar-refractivity contribution in [2.75, 3.05) is 18.5 Å². The molecule has 6 heteroatoms. The molecule has 0 atom stereocenters. The van der Waals surface area contributed by atoms with Gasteiger partial charge in [0.05, 0.1) is 17.3 Å². The van der Waals surface area contributed by atoms with E-state index in [1.165, 1.54) is 4.88 Å². The molecule has 2 aromatic heterocycles. The minimum atomic E-state index is 0.707. The van der Waals surface area contributed by atoms with Crippen molar-refractivity contribution in [2.45, 2.75) is 26.4 Å².